The molecule has 0 aromatic heterocycles. The van der Waals surface area contributed by atoms with Gasteiger partial charge in [0.2, 0.25) is 0 Å². The van der Waals surface area contributed by atoms with Crippen LogP contribution in [0.2, 0.25) is 5.02 Å². The molecule has 14 heavy (non-hydrogen) atoms. The van der Waals surface area contributed by atoms with E-state index in [1.807, 2.05) is 19.9 Å². The third-order valence-corrected chi connectivity index (χ3v) is 2.75. The Kier molecular flexibility index (Phi) is 3.75. The smallest absolute Gasteiger partial charge is 0.127 e. The van der Waals surface area contributed by atoms with Crippen LogP contribution in [0.1, 0.15) is 16.7 Å². The van der Waals surface area contributed by atoms with Crippen LogP contribution >= 0.6 is 11.6 Å². The number of ether oxygens (including phenoxy) is 1. The van der Waals surface area contributed by atoms with Crippen molar-refractivity contribution < 1.29 is 9.94 Å². The molecule has 0 amide bonds. The van der Waals surface area contributed by atoms with E-state index in [1.54, 1.807) is 7.11 Å². The minimum absolute atomic E-state index is 0.349. The summed E-state index contributed by atoms with van der Waals surface area (Å²) in [6, 6.07) is 1.90. The van der Waals surface area contributed by atoms with E-state index >= 15 is 0 Å². The van der Waals surface area contributed by atoms with Crippen molar-refractivity contribution in [2.45, 2.75) is 20.4 Å². The number of hydrogen-bond donors (Lipinski definition) is 2. The zero-order chi connectivity index (χ0) is 10.7. The van der Waals surface area contributed by atoms with Gasteiger partial charge in [-0.15, -0.1) is 0 Å². The molecule has 3 nitrogen and oxygen atoms in total. The average molecular weight is 216 g/mol. The Hall–Kier alpha value is -0.770. The van der Waals surface area contributed by atoms with Crippen molar-refractivity contribution in [3.05, 3.63) is 27.8 Å². The lowest BCUT2D eigenvalue weighted by Gasteiger charge is -2.14. The third kappa shape index (κ3) is 2.00. The lowest BCUT2D eigenvalue weighted by molar-refractivity contribution is 0.160. The van der Waals surface area contributed by atoms with Crippen LogP contribution in [0.4, 0.5) is 0 Å². The number of hydroxylamine groups is 1. The second-order valence-electron chi connectivity index (χ2n) is 3.16. The van der Waals surface area contributed by atoms with Gasteiger partial charge in [0, 0.05) is 17.7 Å². The first-order valence-corrected chi connectivity index (χ1v) is 4.69. The van der Waals surface area contributed by atoms with Gasteiger partial charge in [0.05, 0.1) is 12.1 Å². The summed E-state index contributed by atoms with van der Waals surface area (Å²) in [4.78, 5) is 0. The van der Waals surface area contributed by atoms with Gasteiger partial charge in [0.15, 0.2) is 0 Å². The number of halogens is 1. The summed E-state index contributed by atoms with van der Waals surface area (Å²) in [5.74, 6) is 0.724. The molecule has 0 atom stereocenters. The third-order valence-electron chi connectivity index (χ3n) is 2.17. The largest absolute Gasteiger partial charge is 0.496 e. The van der Waals surface area contributed by atoms with Crippen molar-refractivity contribution >= 4 is 11.6 Å². The number of aryl methyl sites for hydroxylation is 1. The molecule has 0 fully saturated rings. The van der Waals surface area contributed by atoms with Crippen LogP contribution in [0.25, 0.3) is 0 Å². The minimum Gasteiger partial charge on any atom is -0.496 e. The highest BCUT2D eigenvalue weighted by Crippen LogP contribution is 2.32. The molecule has 0 radical (unpaired) electrons. The van der Waals surface area contributed by atoms with E-state index < -0.39 is 0 Å². The number of methoxy groups -OCH3 is 1. The van der Waals surface area contributed by atoms with Crippen molar-refractivity contribution in [3.8, 4) is 5.75 Å². The molecule has 2 N–H and O–H groups in total. The van der Waals surface area contributed by atoms with E-state index in [-0.39, 0.29) is 0 Å². The standard InChI is InChI=1S/C10H14ClNO2/c1-6-4-8(5-12-13)10(14-3)7(2)9(6)11/h4,12-13H,5H2,1-3H3. The maximum absolute atomic E-state index is 8.65. The van der Waals surface area contributed by atoms with Crippen molar-refractivity contribution in [2.75, 3.05) is 7.11 Å². The number of rotatable bonds is 3. The molecule has 0 aliphatic heterocycles. The van der Waals surface area contributed by atoms with Gasteiger partial charge in [-0.3, -0.25) is 0 Å². The van der Waals surface area contributed by atoms with Crippen LogP contribution in [0.3, 0.4) is 0 Å². The van der Waals surface area contributed by atoms with E-state index in [0.29, 0.717) is 11.6 Å². The predicted molar refractivity (Wildman–Crippen MR) is 56.1 cm³/mol. The molecule has 0 aliphatic rings. The van der Waals surface area contributed by atoms with Gasteiger partial charge < -0.3 is 9.94 Å². The highest BCUT2D eigenvalue weighted by molar-refractivity contribution is 6.32. The minimum atomic E-state index is 0.349. The summed E-state index contributed by atoms with van der Waals surface area (Å²) in [7, 11) is 1.59. The predicted octanol–water partition coefficient (Wildman–Crippen LogP) is 2.44. The van der Waals surface area contributed by atoms with Gasteiger partial charge in [0.25, 0.3) is 0 Å². The molecule has 0 bridgehead atoms. The van der Waals surface area contributed by atoms with Crippen LogP contribution in [0.15, 0.2) is 6.07 Å². The van der Waals surface area contributed by atoms with E-state index in [1.165, 1.54) is 0 Å². The Morgan fingerprint density at radius 3 is 2.64 bits per heavy atom. The van der Waals surface area contributed by atoms with Gasteiger partial charge in [-0.25, -0.2) is 5.48 Å². The van der Waals surface area contributed by atoms with Crippen LogP contribution in [0, 0.1) is 13.8 Å². The SMILES string of the molecule is COc1c(CNO)cc(C)c(Cl)c1C. The van der Waals surface area contributed by atoms with E-state index in [4.69, 9.17) is 21.5 Å². The van der Waals surface area contributed by atoms with Crippen molar-refractivity contribution in [2.24, 2.45) is 0 Å². The summed E-state index contributed by atoms with van der Waals surface area (Å²) in [6.07, 6.45) is 0. The Morgan fingerprint density at radius 2 is 2.14 bits per heavy atom. The van der Waals surface area contributed by atoms with Crippen LogP contribution < -0.4 is 10.2 Å². The van der Waals surface area contributed by atoms with E-state index in [2.05, 4.69) is 5.48 Å². The summed E-state index contributed by atoms with van der Waals surface area (Å²) in [6.45, 7) is 4.17. The monoisotopic (exact) mass is 215 g/mol. The first-order valence-electron chi connectivity index (χ1n) is 4.31. The molecule has 78 valence electrons. The van der Waals surface area contributed by atoms with Gasteiger partial charge in [-0.2, -0.15) is 0 Å². The fraction of sp³-hybridized carbons (Fsp3) is 0.400. The van der Waals surface area contributed by atoms with Gasteiger partial charge in [0.1, 0.15) is 5.75 Å². The van der Waals surface area contributed by atoms with Gasteiger partial charge in [-0.1, -0.05) is 11.6 Å². The Balaban J connectivity index is 3.28. The van der Waals surface area contributed by atoms with E-state index in [0.717, 1.165) is 22.4 Å². The number of nitrogens with one attached hydrogen (secondary N) is 1. The maximum Gasteiger partial charge on any atom is 0.127 e. The molecule has 0 unspecified atom stereocenters. The van der Waals surface area contributed by atoms with E-state index in [9.17, 15) is 0 Å². The lowest BCUT2D eigenvalue weighted by Crippen LogP contribution is -2.08. The van der Waals surface area contributed by atoms with Gasteiger partial charge >= 0.3 is 0 Å². The fourth-order valence-corrected chi connectivity index (χ4v) is 1.67. The Labute approximate surface area is 88.6 Å². The Bertz CT molecular complexity index is 339. The normalized spacial score (nSPS) is 10.4. The van der Waals surface area contributed by atoms with Crippen LogP contribution in [-0.2, 0) is 6.54 Å². The molecule has 0 heterocycles. The number of hydrogen-bond acceptors (Lipinski definition) is 3. The van der Waals surface area contributed by atoms with Crippen LogP contribution in [0.5, 0.6) is 5.75 Å². The molecular formula is C10H14ClNO2. The lowest BCUT2D eigenvalue weighted by atomic mass is 10.1. The molecule has 0 aliphatic carbocycles. The zero-order valence-corrected chi connectivity index (χ0v) is 9.27. The molecule has 0 saturated heterocycles. The molecule has 1 rings (SSSR count). The zero-order valence-electron chi connectivity index (χ0n) is 8.52. The topological polar surface area (TPSA) is 41.5 Å². The van der Waals surface area contributed by atoms with Crippen molar-refractivity contribution in [1.82, 2.24) is 5.48 Å². The number of benzene rings is 1. The molecule has 1 aromatic carbocycles. The second-order valence-corrected chi connectivity index (χ2v) is 3.54. The first kappa shape index (κ1) is 11.3. The van der Waals surface area contributed by atoms with Crippen molar-refractivity contribution in [3.63, 3.8) is 0 Å². The fourth-order valence-electron chi connectivity index (χ4n) is 1.53. The molecule has 0 spiro atoms. The quantitative estimate of drug-likeness (QED) is 0.762. The van der Waals surface area contributed by atoms with Gasteiger partial charge in [-0.05, 0) is 25.5 Å². The highest BCUT2D eigenvalue weighted by atomic mass is 35.5. The summed E-state index contributed by atoms with van der Waals surface area (Å²) >= 11 is 6.07. The summed E-state index contributed by atoms with van der Waals surface area (Å²) in [5.41, 5.74) is 4.89. The molecule has 1 aromatic rings. The first-order chi connectivity index (χ1) is 6.61. The molecule has 4 heteroatoms. The Morgan fingerprint density at radius 1 is 1.50 bits per heavy atom. The summed E-state index contributed by atoms with van der Waals surface area (Å²) < 4.78 is 5.23. The molecule has 0 saturated carbocycles. The summed E-state index contributed by atoms with van der Waals surface area (Å²) in [5, 5.41) is 9.36. The van der Waals surface area contributed by atoms with Crippen LogP contribution in [-0.4, -0.2) is 12.3 Å². The van der Waals surface area contributed by atoms with Crippen molar-refractivity contribution in [1.29, 1.82) is 0 Å². The molecular weight excluding hydrogens is 202 g/mol. The second kappa shape index (κ2) is 4.64. The highest BCUT2D eigenvalue weighted by Gasteiger charge is 2.11. The maximum atomic E-state index is 8.65. The average Bonchev–Trinajstić information content (AvgIpc) is 2.16.